The molecule has 3 aliphatic carbocycles. The summed E-state index contributed by atoms with van der Waals surface area (Å²) in [5.74, 6) is 0.764. The standard InChI is InChI=1S/C16H22/c1-11-9-13-5-7-15(3)8-6-14(10-12(11)2)16(13,15)4/h5,9-10,14H,6-8H2,1-4H3. The molecule has 16 heavy (non-hydrogen) atoms. The van der Waals surface area contributed by atoms with Crippen LogP contribution in [0.3, 0.4) is 0 Å². The highest BCUT2D eigenvalue weighted by Gasteiger charge is 2.57. The van der Waals surface area contributed by atoms with Gasteiger partial charge in [-0.15, -0.1) is 0 Å². The summed E-state index contributed by atoms with van der Waals surface area (Å²) in [6, 6.07) is 0. The molecule has 0 bridgehead atoms. The van der Waals surface area contributed by atoms with Gasteiger partial charge in [0.15, 0.2) is 0 Å². The zero-order valence-electron chi connectivity index (χ0n) is 10.9. The Morgan fingerprint density at radius 2 is 1.94 bits per heavy atom. The van der Waals surface area contributed by atoms with Gasteiger partial charge in [0, 0.05) is 5.41 Å². The molecule has 0 amide bonds. The molecule has 0 heteroatoms. The predicted molar refractivity (Wildman–Crippen MR) is 69.2 cm³/mol. The highest BCUT2D eigenvalue weighted by molar-refractivity contribution is 5.47. The van der Waals surface area contributed by atoms with Gasteiger partial charge in [-0.2, -0.15) is 0 Å². The monoisotopic (exact) mass is 214 g/mol. The topological polar surface area (TPSA) is 0 Å². The zero-order chi connectivity index (χ0) is 11.6. The Bertz CT molecular complexity index is 435. The van der Waals surface area contributed by atoms with Crippen LogP contribution < -0.4 is 0 Å². The van der Waals surface area contributed by atoms with Crippen molar-refractivity contribution in [3.05, 3.63) is 34.9 Å². The normalized spacial score (nSPS) is 45.8. The van der Waals surface area contributed by atoms with Crippen LogP contribution >= 0.6 is 0 Å². The number of rotatable bonds is 0. The maximum absolute atomic E-state index is 2.54. The molecule has 1 fully saturated rings. The van der Waals surface area contributed by atoms with Gasteiger partial charge in [0.25, 0.3) is 0 Å². The summed E-state index contributed by atoms with van der Waals surface area (Å²) in [6.45, 7) is 9.52. The highest BCUT2D eigenvalue weighted by atomic mass is 14.6. The molecule has 1 saturated carbocycles. The van der Waals surface area contributed by atoms with Crippen LogP contribution in [0.5, 0.6) is 0 Å². The van der Waals surface area contributed by atoms with Gasteiger partial charge in [0.2, 0.25) is 0 Å². The van der Waals surface area contributed by atoms with Gasteiger partial charge in [0.05, 0.1) is 0 Å². The van der Waals surface area contributed by atoms with Gasteiger partial charge in [-0.05, 0) is 55.6 Å². The molecule has 0 N–H and O–H groups in total. The number of allylic oxidation sites excluding steroid dienone is 6. The summed E-state index contributed by atoms with van der Waals surface area (Å²) in [6.07, 6.45) is 11.5. The SMILES string of the molecule is CC1=CC2=CCC3(C)CCC(C=C1C)C23C. The smallest absolute Gasteiger partial charge is 0.00412 e. The number of hydrogen-bond donors (Lipinski definition) is 0. The molecule has 0 saturated heterocycles. The van der Waals surface area contributed by atoms with Gasteiger partial charge in [-0.1, -0.05) is 37.6 Å². The Hall–Kier alpha value is -0.780. The van der Waals surface area contributed by atoms with Crippen molar-refractivity contribution < 1.29 is 0 Å². The van der Waals surface area contributed by atoms with E-state index >= 15 is 0 Å². The lowest BCUT2D eigenvalue weighted by atomic mass is 9.64. The van der Waals surface area contributed by atoms with E-state index < -0.39 is 0 Å². The summed E-state index contributed by atoms with van der Waals surface area (Å²) in [5, 5.41) is 0. The van der Waals surface area contributed by atoms with Crippen LogP contribution in [0.4, 0.5) is 0 Å². The van der Waals surface area contributed by atoms with Crippen LogP contribution in [0, 0.1) is 16.7 Å². The lowest BCUT2D eigenvalue weighted by Gasteiger charge is -2.39. The molecule has 0 aromatic rings. The molecule has 0 aromatic heterocycles. The molecular formula is C16H22. The minimum absolute atomic E-state index is 0.409. The summed E-state index contributed by atoms with van der Waals surface area (Å²) in [4.78, 5) is 0. The minimum atomic E-state index is 0.409. The van der Waals surface area contributed by atoms with E-state index in [0.29, 0.717) is 10.8 Å². The molecule has 3 rings (SSSR count). The molecule has 0 spiro atoms. The fourth-order valence-corrected chi connectivity index (χ4v) is 4.13. The van der Waals surface area contributed by atoms with E-state index in [4.69, 9.17) is 0 Å². The Morgan fingerprint density at radius 3 is 2.69 bits per heavy atom. The molecule has 0 aromatic carbocycles. The highest BCUT2D eigenvalue weighted by Crippen LogP contribution is 2.66. The maximum atomic E-state index is 2.54. The van der Waals surface area contributed by atoms with Gasteiger partial charge >= 0.3 is 0 Å². The van der Waals surface area contributed by atoms with E-state index in [1.165, 1.54) is 30.4 Å². The van der Waals surface area contributed by atoms with E-state index in [1.54, 1.807) is 5.57 Å². The molecule has 86 valence electrons. The molecule has 0 nitrogen and oxygen atoms in total. The Balaban J connectivity index is 2.21. The van der Waals surface area contributed by atoms with Crippen molar-refractivity contribution in [2.24, 2.45) is 16.7 Å². The predicted octanol–water partition coefficient (Wildman–Crippen LogP) is 4.65. The average molecular weight is 214 g/mol. The summed E-state index contributed by atoms with van der Waals surface area (Å²) in [7, 11) is 0. The molecule has 0 heterocycles. The van der Waals surface area contributed by atoms with Crippen molar-refractivity contribution in [2.45, 2.75) is 47.0 Å². The van der Waals surface area contributed by atoms with E-state index in [2.05, 4.69) is 45.9 Å². The van der Waals surface area contributed by atoms with E-state index in [0.717, 1.165) is 5.92 Å². The first kappa shape index (κ1) is 10.4. The van der Waals surface area contributed by atoms with Crippen LogP contribution in [0.15, 0.2) is 34.9 Å². The van der Waals surface area contributed by atoms with E-state index in [9.17, 15) is 0 Å². The third-order valence-electron chi connectivity index (χ3n) is 5.82. The Morgan fingerprint density at radius 1 is 1.19 bits per heavy atom. The third kappa shape index (κ3) is 1.01. The zero-order valence-corrected chi connectivity index (χ0v) is 10.9. The molecular weight excluding hydrogens is 192 g/mol. The Kier molecular flexibility index (Phi) is 1.89. The van der Waals surface area contributed by atoms with E-state index in [-0.39, 0.29) is 0 Å². The Labute approximate surface area is 99.1 Å². The third-order valence-corrected chi connectivity index (χ3v) is 5.82. The molecule has 3 atom stereocenters. The maximum Gasteiger partial charge on any atom is 0.00412 e. The van der Waals surface area contributed by atoms with Gasteiger partial charge in [-0.3, -0.25) is 0 Å². The van der Waals surface area contributed by atoms with E-state index in [1.807, 2.05) is 0 Å². The first-order valence-electron chi connectivity index (χ1n) is 6.55. The van der Waals surface area contributed by atoms with Gasteiger partial charge in [-0.25, -0.2) is 0 Å². The largest absolute Gasteiger partial charge is 0.0801 e. The second-order valence-electron chi connectivity index (χ2n) is 6.45. The van der Waals surface area contributed by atoms with Crippen molar-refractivity contribution in [1.29, 1.82) is 0 Å². The second kappa shape index (κ2) is 2.91. The summed E-state index contributed by atoms with van der Waals surface area (Å²) < 4.78 is 0. The summed E-state index contributed by atoms with van der Waals surface area (Å²) in [5.41, 5.74) is 5.50. The van der Waals surface area contributed by atoms with Crippen molar-refractivity contribution >= 4 is 0 Å². The van der Waals surface area contributed by atoms with Crippen LogP contribution in [-0.2, 0) is 0 Å². The first-order chi connectivity index (χ1) is 7.47. The fraction of sp³-hybridized carbons (Fsp3) is 0.625. The molecule has 3 unspecified atom stereocenters. The van der Waals surface area contributed by atoms with Crippen LogP contribution in [-0.4, -0.2) is 0 Å². The van der Waals surface area contributed by atoms with Crippen LogP contribution in [0.1, 0.15) is 47.0 Å². The minimum Gasteiger partial charge on any atom is -0.0801 e. The van der Waals surface area contributed by atoms with Crippen molar-refractivity contribution in [3.63, 3.8) is 0 Å². The first-order valence-corrected chi connectivity index (χ1v) is 6.55. The summed E-state index contributed by atoms with van der Waals surface area (Å²) >= 11 is 0. The second-order valence-corrected chi connectivity index (χ2v) is 6.45. The molecule has 3 aliphatic rings. The average Bonchev–Trinajstić information content (AvgIpc) is 2.57. The molecule has 0 aliphatic heterocycles. The number of hydrogen-bond acceptors (Lipinski definition) is 0. The van der Waals surface area contributed by atoms with Crippen LogP contribution in [0.25, 0.3) is 0 Å². The van der Waals surface area contributed by atoms with Crippen molar-refractivity contribution in [2.75, 3.05) is 0 Å². The lowest BCUT2D eigenvalue weighted by Crippen LogP contribution is -2.33. The van der Waals surface area contributed by atoms with Crippen LogP contribution in [0.2, 0.25) is 0 Å². The fourth-order valence-electron chi connectivity index (χ4n) is 4.13. The molecule has 0 radical (unpaired) electrons. The lowest BCUT2D eigenvalue weighted by molar-refractivity contribution is 0.156. The van der Waals surface area contributed by atoms with Crippen molar-refractivity contribution in [3.8, 4) is 0 Å². The van der Waals surface area contributed by atoms with Gasteiger partial charge < -0.3 is 0 Å². The quantitative estimate of drug-likeness (QED) is 0.551. The van der Waals surface area contributed by atoms with Gasteiger partial charge in [0.1, 0.15) is 0 Å². The van der Waals surface area contributed by atoms with Crippen molar-refractivity contribution in [1.82, 2.24) is 0 Å².